The fourth-order valence-electron chi connectivity index (χ4n) is 3.97. The van der Waals surface area contributed by atoms with E-state index in [2.05, 4.69) is 26.6 Å². The number of aliphatic hydroxyl groups excluding tert-OH is 1. The fourth-order valence-corrected chi connectivity index (χ4v) is 3.97. The lowest BCUT2D eigenvalue weighted by atomic mass is 10.0. The van der Waals surface area contributed by atoms with Crippen molar-refractivity contribution >= 4 is 35.6 Å². The highest BCUT2D eigenvalue weighted by atomic mass is 16.4. The van der Waals surface area contributed by atoms with Gasteiger partial charge in [-0.25, -0.2) is 4.79 Å². The average molecular weight is 544 g/mol. The molecule has 14 nitrogen and oxygen atoms in total. The summed E-state index contributed by atoms with van der Waals surface area (Å²) in [6.45, 7) is 6.99. The molecule has 0 saturated carbocycles. The Labute approximate surface area is 221 Å². The third kappa shape index (κ3) is 11.4. The van der Waals surface area contributed by atoms with Gasteiger partial charge in [-0.2, -0.15) is 0 Å². The molecule has 5 atom stereocenters. The van der Waals surface area contributed by atoms with Crippen LogP contribution in [-0.2, 0) is 28.8 Å². The van der Waals surface area contributed by atoms with Crippen molar-refractivity contribution in [3.05, 3.63) is 0 Å². The highest BCUT2D eigenvalue weighted by Gasteiger charge is 2.33. The Balaban J connectivity index is 3.04. The van der Waals surface area contributed by atoms with Crippen LogP contribution in [0.4, 0.5) is 0 Å². The number of carboxylic acids is 2. The van der Waals surface area contributed by atoms with Crippen LogP contribution in [0.25, 0.3) is 0 Å². The molecule has 0 aromatic heterocycles. The van der Waals surface area contributed by atoms with Crippen LogP contribution in [-0.4, -0.2) is 94.2 Å². The number of nitrogens with one attached hydrogen (secondary N) is 5. The van der Waals surface area contributed by atoms with E-state index in [0.717, 1.165) is 6.42 Å². The second-order valence-electron chi connectivity index (χ2n) is 10.3. The lowest BCUT2D eigenvalue weighted by Crippen LogP contribution is -2.59. The van der Waals surface area contributed by atoms with Crippen LogP contribution in [0.2, 0.25) is 0 Å². The molecule has 1 saturated heterocycles. The van der Waals surface area contributed by atoms with Gasteiger partial charge in [-0.3, -0.25) is 24.0 Å². The van der Waals surface area contributed by atoms with Crippen molar-refractivity contribution in [2.75, 3.05) is 13.2 Å². The van der Waals surface area contributed by atoms with E-state index in [1.807, 2.05) is 13.8 Å². The summed E-state index contributed by atoms with van der Waals surface area (Å²) in [6.07, 6.45) is 0.945. The minimum absolute atomic E-state index is 0.0119. The number of aliphatic hydroxyl groups is 1. The van der Waals surface area contributed by atoms with Crippen LogP contribution in [0.5, 0.6) is 0 Å². The smallest absolute Gasteiger partial charge is 0.328 e. The first-order valence-corrected chi connectivity index (χ1v) is 12.7. The molecule has 216 valence electrons. The third-order valence-corrected chi connectivity index (χ3v) is 5.87. The third-order valence-electron chi connectivity index (χ3n) is 5.87. The molecule has 8 N–H and O–H groups in total. The minimum Gasteiger partial charge on any atom is -0.481 e. The molecule has 0 radical (unpaired) electrons. The number of carboxylic acid groups (broad SMARTS) is 2. The summed E-state index contributed by atoms with van der Waals surface area (Å²) < 4.78 is 0. The van der Waals surface area contributed by atoms with Gasteiger partial charge in [-0.15, -0.1) is 0 Å². The Morgan fingerprint density at radius 1 is 0.763 bits per heavy atom. The molecule has 1 heterocycles. The second kappa shape index (κ2) is 15.9. The quantitative estimate of drug-likeness (QED) is 0.110. The molecule has 0 spiro atoms. The first-order valence-electron chi connectivity index (χ1n) is 12.7. The van der Waals surface area contributed by atoms with E-state index in [1.54, 1.807) is 13.8 Å². The normalized spacial score (nSPS) is 18.2. The highest BCUT2D eigenvalue weighted by molar-refractivity contribution is 5.96. The topological polar surface area (TPSA) is 223 Å². The summed E-state index contributed by atoms with van der Waals surface area (Å²) in [4.78, 5) is 74.0. The summed E-state index contributed by atoms with van der Waals surface area (Å²) in [5.41, 5.74) is 0. The second-order valence-corrected chi connectivity index (χ2v) is 10.3. The molecule has 1 fully saturated rings. The van der Waals surface area contributed by atoms with Gasteiger partial charge in [-0.1, -0.05) is 27.7 Å². The van der Waals surface area contributed by atoms with E-state index in [-0.39, 0.29) is 30.6 Å². The molecule has 1 aliphatic rings. The maximum atomic E-state index is 13.1. The zero-order chi connectivity index (χ0) is 29.0. The lowest BCUT2D eigenvalue weighted by molar-refractivity contribution is -0.144. The molecule has 1 aliphatic heterocycles. The number of carbonyl (C=O) groups is 6. The summed E-state index contributed by atoms with van der Waals surface area (Å²) in [6, 6.07) is -5.90. The van der Waals surface area contributed by atoms with Crippen molar-refractivity contribution in [1.82, 2.24) is 26.6 Å². The molecule has 38 heavy (non-hydrogen) atoms. The zero-order valence-corrected chi connectivity index (χ0v) is 22.3. The van der Waals surface area contributed by atoms with E-state index in [1.165, 1.54) is 0 Å². The predicted molar refractivity (Wildman–Crippen MR) is 135 cm³/mol. The van der Waals surface area contributed by atoms with Gasteiger partial charge in [0.05, 0.1) is 19.1 Å². The van der Waals surface area contributed by atoms with E-state index in [4.69, 9.17) is 5.11 Å². The van der Waals surface area contributed by atoms with Crippen molar-refractivity contribution in [1.29, 1.82) is 0 Å². The van der Waals surface area contributed by atoms with Crippen LogP contribution in [0.15, 0.2) is 0 Å². The molecule has 0 aromatic rings. The van der Waals surface area contributed by atoms with Crippen LogP contribution in [0.3, 0.4) is 0 Å². The van der Waals surface area contributed by atoms with Crippen LogP contribution in [0, 0.1) is 11.8 Å². The van der Waals surface area contributed by atoms with Crippen molar-refractivity contribution in [3.8, 4) is 0 Å². The minimum atomic E-state index is -1.60. The fraction of sp³-hybridized carbons (Fsp3) is 0.750. The molecule has 0 unspecified atom stereocenters. The number of carbonyl (C=O) groups excluding carboxylic acids is 4. The van der Waals surface area contributed by atoms with Gasteiger partial charge in [0.25, 0.3) is 0 Å². The lowest BCUT2D eigenvalue weighted by Gasteiger charge is -2.27. The van der Waals surface area contributed by atoms with Gasteiger partial charge in [0.1, 0.15) is 24.2 Å². The number of hydrogen-bond acceptors (Lipinski definition) is 8. The molecule has 0 aliphatic carbocycles. The molecule has 1 rings (SSSR count). The Morgan fingerprint density at radius 3 is 1.66 bits per heavy atom. The molecule has 4 amide bonds. The van der Waals surface area contributed by atoms with Crippen LogP contribution < -0.4 is 26.6 Å². The van der Waals surface area contributed by atoms with Crippen molar-refractivity contribution in [3.63, 3.8) is 0 Å². The largest absolute Gasteiger partial charge is 0.481 e. The Morgan fingerprint density at radius 2 is 1.24 bits per heavy atom. The van der Waals surface area contributed by atoms with Crippen molar-refractivity contribution in [2.45, 2.75) is 90.0 Å². The van der Waals surface area contributed by atoms with Gasteiger partial charge in [-0.05, 0) is 44.1 Å². The highest BCUT2D eigenvalue weighted by Crippen LogP contribution is 2.11. The van der Waals surface area contributed by atoms with E-state index >= 15 is 0 Å². The maximum Gasteiger partial charge on any atom is 0.328 e. The maximum absolute atomic E-state index is 13.1. The summed E-state index contributed by atoms with van der Waals surface area (Å²) in [5, 5.41) is 40.2. The zero-order valence-electron chi connectivity index (χ0n) is 22.3. The average Bonchev–Trinajstić information content (AvgIpc) is 3.35. The molecule has 14 heteroatoms. The molecule has 0 bridgehead atoms. The van der Waals surface area contributed by atoms with Crippen molar-refractivity contribution < 1.29 is 44.1 Å². The number of rotatable bonds is 16. The molecular weight excluding hydrogens is 502 g/mol. The summed E-state index contributed by atoms with van der Waals surface area (Å²) >= 11 is 0. The van der Waals surface area contributed by atoms with Gasteiger partial charge in [0.15, 0.2) is 0 Å². The van der Waals surface area contributed by atoms with E-state index < -0.39 is 72.9 Å². The number of aliphatic carboxylic acids is 2. The Bertz CT molecular complexity index is 858. The standard InChI is InChI=1S/C24H41N5O9/c1-12(2)8-15(26-20(33)14-6-5-7-25-14)21(34)28-17(10-19(31)32)23(36)27-16(9-13(3)4)22(35)29-18(11-30)24(37)38/h12-18,25,30H,5-11H2,1-4H3,(H,26,33)(H,27,36)(H,28,34)(H,29,35)(H,31,32)(H,37,38)/t14-,15-,16-,17-,18-/m0/s1. The van der Waals surface area contributed by atoms with Gasteiger partial charge >= 0.3 is 11.9 Å². The first-order chi connectivity index (χ1) is 17.7. The number of hydrogen-bond donors (Lipinski definition) is 8. The Kier molecular flexibility index (Phi) is 13.7. The predicted octanol–water partition coefficient (Wildman–Crippen LogP) is -1.68. The van der Waals surface area contributed by atoms with Crippen LogP contribution in [0.1, 0.15) is 59.8 Å². The first kappa shape index (κ1) is 32.8. The van der Waals surface area contributed by atoms with Gasteiger partial charge in [0, 0.05) is 0 Å². The van der Waals surface area contributed by atoms with E-state index in [0.29, 0.717) is 13.0 Å². The van der Waals surface area contributed by atoms with Crippen molar-refractivity contribution in [2.24, 2.45) is 11.8 Å². The van der Waals surface area contributed by atoms with E-state index in [9.17, 15) is 39.0 Å². The van der Waals surface area contributed by atoms with Gasteiger partial charge < -0.3 is 41.9 Å². The monoisotopic (exact) mass is 543 g/mol. The SMILES string of the molecule is CC(C)C[C@H](NC(=O)[C@H](CC(=O)O)NC(=O)[C@H](CC(C)C)NC(=O)[C@@H]1CCCN1)C(=O)N[C@@H](CO)C(=O)O. The van der Waals surface area contributed by atoms with Gasteiger partial charge in [0.2, 0.25) is 23.6 Å². The summed E-state index contributed by atoms with van der Waals surface area (Å²) in [5.74, 6) is -5.98. The van der Waals surface area contributed by atoms with Crippen LogP contribution >= 0.6 is 0 Å². The number of amides is 4. The Hall–Kier alpha value is -3.26. The summed E-state index contributed by atoms with van der Waals surface area (Å²) in [7, 11) is 0. The molecule has 0 aromatic carbocycles. The molecular formula is C24H41N5O9.